The van der Waals surface area contributed by atoms with Gasteiger partial charge in [-0.05, 0) is 43.2 Å². The molecule has 1 fully saturated rings. The fraction of sp³-hybridized carbons (Fsp3) is 0.529. The predicted molar refractivity (Wildman–Crippen MR) is 80.2 cm³/mol. The lowest BCUT2D eigenvalue weighted by Crippen LogP contribution is -2.35. The molecule has 0 bridgehead atoms. The highest BCUT2D eigenvalue weighted by Crippen LogP contribution is 2.38. The zero-order valence-electron chi connectivity index (χ0n) is 12.2. The van der Waals surface area contributed by atoms with Crippen molar-refractivity contribution in [1.82, 2.24) is 15.5 Å². The molecular weight excluding hydrogens is 262 g/mol. The number of nitrogens with one attached hydrogen (secondary N) is 1. The number of nitrogens with zero attached hydrogens (tertiary/aromatic N) is 2. The van der Waals surface area contributed by atoms with E-state index in [0.29, 0.717) is 12.0 Å². The summed E-state index contributed by atoms with van der Waals surface area (Å²) in [6, 6.07) is 9.36. The SMILES string of the molecule is c1ccc2c(c1)CCC(NCCc1noc(C3CC3)n1)C2. The zero-order valence-corrected chi connectivity index (χ0v) is 12.2. The van der Waals surface area contributed by atoms with Gasteiger partial charge in [0.05, 0.1) is 0 Å². The fourth-order valence-electron chi connectivity index (χ4n) is 3.13. The standard InChI is InChI=1S/C17H21N3O/c1-2-4-14-11-15(8-7-12(14)3-1)18-10-9-16-19-17(21-20-16)13-5-6-13/h1-4,13,15,18H,5-11H2. The van der Waals surface area contributed by atoms with Gasteiger partial charge in [0.25, 0.3) is 0 Å². The van der Waals surface area contributed by atoms with Crippen LogP contribution in [-0.2, 0) is 19.3 Å². The van der Waals surface area contributed by atoms with Crippen LogP contribution in [0.15, 0.2) is 28.8 Å². The highest BCUT2D eigenvalue weighted by molar-refractivity contribution is 5.30. The van der Waals surface area contributed by atoms with E-state index in [0.717, 1.165) is 31.1 Å². The van der Waals surface area contributed by atoms with Crippen LogP contribution in [0.3, 0.4) is 0 Å². The second kappa shape index (κ2) is 5.60. The Balaban J connectivity index is 1.27. The van der Waals surface area contributed by atoms with Crippen molar-refractivity contribution in [3.05, 3.63) is 47.1 Å². The second-order valence-corrected chi connectivity index (χ2v) is 6.24. The van der Waals surface area contributed by atoms with Crippen molar-refractivity contribution in [2.24, 2.45) is 0 Å². The van der Waals surface area contributed by atoms with Crippen LogP contribution < -0.4 is 5.32 Å². The number of benzene rings is 1. The molecule has 1 aromatic carbocycles. The lowest BCUT2D eigenvalue weighted by Gasteiger charge is -2.25. The molecule has 0 spiro atoms. The summed E-state index contributed by atoms with van der Waals surface area (Å²) in [5, 5.41) is 7.71. The minimum Gasteiger partial charge on any atom is -0.339 e. The Bertz CT molecular complexity index is 618. The first kappa shape index (κ1) is 13.0. The first-order valence-corrected chi connectivity index (χ1v) is 8.01. The Morgan fingerprint density at radius 2 is 2.00 bits per heavy atom. The summed E-state index contributed by atoms with van der Waals surface area (Å²) >= 11 is 0. The number of hydrogen-bond donors (Lipinski definition) is 1. The van der Waals surface area contributed by atoms with Crippen LogP contribution in [-0.4, -0.2) is 22.7 Å². The largest absolute Gasteiger partial charge is 0.339 e. The van der Waals surface area contributed by atoms with Gasteiger partial charge >= 0.3 is 0 Å². The maximum Gasteiger partial charge on any atom is 0.229 e. The van der Waals surface area contributed by atoms with Crippen LogP contribution in [0.5, 0.6) is 0 Å². The van der Waals surface area contributed by atoms with Crippen LogP contribution >= 0.6 is 0 Å². The molecule has 1 saturated carbocycles. The molecule has 4 nitrogen and oxygen atoms in total. The van der Waals surface area contributed by atoms with Crippen molar-refractivity contribution in [2.45, 2.75) is 50.5 Å². The molecule has 4 rings (SSSR count). The zero-order chi connectivity index (χ0) is 14.1. The van der Waals surface area contributed by atoms with Gasteiger partial charge in [0, 0.05) is 24.9 Å². The number of aryl methyl sites for hydroxylation is 1. The van der Waals surface area contributed by atoms with E-state index in [9.17, 15) is 0 Å². The van der Waals surface area contributed by atoms with Crippen LogP contribution in [0.4, 0.5) is 0 Å². The summed E-state index contributed by atoms with van der Waals surface area (Å²) in [5.41, 5.74) is 3.01. The summed E-state index contributed by atoms with van der Waals surface area (Å²) < 4.78 is 5.29. The van der Waals surface area contributed by atoms with Gasteiger partial charge in [-0.1, -0.05) is 29.4 Å². The topological polar surface area (TPSA) is 51.0 Å². The van der Waals surface area contributed by atoms with Gasteiger partial charge in [0.1, 0.15) is 0 Å². The smallest absolute Gasteiger partial charge is 0.229 e. The molecule has 0 radical (unpaired) electrons. The van der Waals surface area contributed by atoms with Gasteiger partial charge in [0.15, 0.2) is 5.82 Å². The van der Waals surface area contributed by atoms with Gasteiger partial charge in [0.2, 0.25) is 5.89 Å². The molecule has 0 aliphatic heterocycles. The average molecular weight is 283 g/mol. The maximum atomic E-state index is 5.29. The molecule has 1 unspecified atom stereocenters. The maximum absolute atomic E-state index is 5.29. The van der Waals surface area contributed by atoms with Crippen LogP contribution in [0, 0.1) is 0 Å². The second-order valence-electron chi connectivity index (χ2n) is 6.24. The molecule has 0 amide bonds. The van der Waals surface area contributed by atoms with Crippen LogP contribution in [0.1, 0.15) is 48.0 Å². The highest BCUT2D eigenvalue weighted by atomic mass is 16.5. The molecule has 0 saturated heterocycles. The monoisotopic (exact) mass is 283 g/mol. The van der Waals surface area contributed by atoms with Crippen molar-refractivity contribution in [3.63, 3.8) is 0 Å². The van der Waals surface area contributed by atoms with E-state index in [-0.39, 0.29) is 0 Å². The molecule has 1 N–H and O–H groups in total. The number of rotatable bonds is 5. The summed E-state index contributed by atoms with van der Waals surface area (Å²) in [7, 11) is 0. The third-order valence-corrected chi connectivity index (χ3v) is 4.54. The molecule has 4 heteroatoms. The Hall–Kier alpha value is -1.68. The molecule has 2 aliphatic rings. The first-order chi connectivity index (χ1) is 10.4. The molecule has 1 heterocycles. The molecule has 21 heavy (non-hydrogen) atoms. The Morgan fingerprint density at radius 3 is 2.86 bits per heavy atom. The third kappa shape index (κ3) is 3.00. The average Bonchev–Trinajstić information content (AvgIpc) is 3.27. The molecule has 110 valence electrons. The summed E-state index contributed by atoms with van der Waals surface area (Å²) in [6.07, 6.45) is 6.81. The molecule has 2 aliphatic carbocycles. The van der Waals surface area contributed by atoms with E-state index in [1.807, 2.05) is 0 Å². The van der Waals surface area contributed by atoms with E-state index >= 15 is 0 Å². The lowest BCUT2D eigenvalue weighted by atomic mass is 9.88. The van der Waals surface area contributed by atoms with Crippen molar-refractivity contribution in [3.8, 4) is 0 Å². The Labute approximate surface area is 124 Å². The highest BCUT2D eigenvalue weighted by Gasteiger charge is 2.29. The van der Waals surface area contributed by atoms with E-state index in [2.05, 4.69) is 39.7 Å². The summed E-state index contributed by atoms with van der Waals surface area (Å²) in [4.78, 5) is 4.47. The number of aromatic nitrogens is 2. The van der Waals surface area contributed by atoms with E-state index in [1.54, 1.807) is 0 Å². The van der Waals surface area contributed by atoms with Crippen molar-refractivity contribution in [1.29, 1.82) is 0 Å². The van der Waals surface area contributed by atoms with E-state index in [1.165, 1.54) is 36.8 Å². The minimum atomic E-state index is 0.550. The van der Waals surface area contributed by atoms with Gasteiger partial charge in [-0.2, -0.15) is 4.98 Å². The predicted octanol–water partition coefficient (Wildman–Crippen LogP) is 2.64. The number of fused-ring (bicyclic) bond motifs is 1. The third-order valence-electron chi connectivity index (χ3n) is 4.54. The van der Waals surface area contributed by atoms with Crippen molar-refractivity contribution >= 4 is 0 Å². The van der Waals surface area contributed by atoms with E-state index < -0.39 is 0 Å². The normalized spacial score (nSPS) is 21.2. The van der Waals surface area contributed by atoms with Crippen LogP contribution in [0.2, 0.25) is 0 Å². The first-order valence-electron chi connectivity index (χ1n) is 8.01. The van der Waals surface area contributed by atoms with E-state index in [4.69, 9.17) is 4.52 Å². The van der Waals surface area contributed by atoms with Crippen LogP contribution in [0.25, 0.3) is 0 Å². The minimum absolute atomic E-state index is 0.550. The Kier molecular flexibility index (Phi) is 3.47. The van der Waals surface area contributed by atoms with Gasteiger partial charge in [-0.15, -0.1) is 0 Å². The van der Waals surface area contributed by atoms with Gasteiger partial charge in [-0.25, -0.2) is 0 Å². The van der Waals surface area contributed by atoms with Gasteiger partial charge < -0.3 is 9.84 Å². The fourth-order valence-corrected chi connectivity index (χ4v) is 3.13. The summed E-state index contributed by atoms with van der Waals surface area (Å²) in [5.74, 6) is 2.24. The van der Waals surface area contributed by atoms with Crippen molar-refractivity contribution < 1.29 is 4.52 Å². The molecular formula is C17H21N3O. The lowest BCUT2D eigenvalue weighted by molar-refractivity contribution is 0.372. The Morgan fingerprint density at radius 1 is 1.14 bits per heavy atom. The molecule has 2 aromatic rings. The summed E-state index contributed by atoms with van der Waals surface area (Å²) in [6.45, 7) is 0.927. The molecule has 1 aromatic heterocycles. The quantitative estimate of drug-likeness (QED) is 0.916. The van der Waals surface area contributed by atoms with Gasteiger partial charge in [-0.3, -0.25) is 0 Å². The number of hydrogen-bond acceptors (Lipinski definition) is 4. The molecule has 1 atom stereocenters. The van der Waals surface area contributed by atoms with Crippen molar-refractivity contribution in [2.75, 3.05) is 6.54 Å².